The molecule has 2 aromatic heterocycles. The van der Waals surface area contributed by atoms with Crippen molar-refractivity contribution >= 4 is 28.8 Å². The summed E-state index contributed by atoms with van der Waals surface area (Å²) in [5, 5.41) is 6.85. The molecule has 3 nitrogen and oxygen atoms in total. The van der Waals surface area contributed by atoms with Gasteiger partial charge in [0.2, 0.25) is 0 Å². The van der Waals surface area contributed by atoms with Gasteiger partial charge in [-0.05, 0) is 26.0 Å². The highest BCUT2D eigenvalue weighted by Crippen LogP contribution is 2.21. The van der Waals surface area contributed by atoms with Gasteiger partial charge in [-0.25, -0.2) is 9.97 Å². The highest BCUT2D eigenvalue weighted by molar-refractivity contribution is 7.09. The Morgan fingerprint density at radius 2 is 2.19 bits per heavy atom. The lowest BCUT2D eigenvalue weighted by Gasteiger charge is -2.11. The van der Waals surface area contributed by atoms with Gasteiger partial charge in [0.15, 0.2) is 0 Å². The lowest BCUT2D eigenvalue weighted by atomic mass is 10.3. The van der Waals surface area contributed by atoms with Gasteiger partial charge in [-0.1, -0.05) is 17.7 Å². The van der Waals surface area contributed by atoms with E-state index in [0.717, 1.165) is 16.5 Å². The minimum Gasteiger partial charge on any atom is -0.361 e. The Morgan fingerprint density at radius 3 is 2.81 bits per heavy atom. The molecule has 2 rings (SSSR count). The normalized spacial score (nSPS) is 12.4. The molecule has 0 spiro atoms. The van der Waals surface area contributed by atoms with Crippen LogP contribution in [0.1, 0.15) is 23.7 Å². The van der Waals surface area contributed by atoms with Crippen LogP contribution in [0.15, 0.2) is 23.6 Å². The van der Waals surface area contributed by atoms with E-state index in [2.05, 4.69) is 22.2 Å². The number of thiazole rings is 1. The predicted octanol–water partition coefficient (Wildman–Crippen LogP) is 3.67. The average Bonchev–Trinajstić information content (AvgIpc) is 2.65. The molecule has 0 saturated carbocycles. The number of pyridine rings is 1. The van der Waals surface area contributed by atoms with Gasteiger partial charge >= 0.3 is 0 Å². The number of halogens is 1. The largest absolute Gasteiger partial charge is 0.361 e. The van der Waals surface area contributed by atoms with Crippen LogP contribution in [0.2, 0.25) is 5.15 Å². The SMILES string of the molecule is Cc1csc(C(C)Nc2cccc(Cl)n2)n1. The molecule has 0 radical (unpaired) electrons. The smallest absolute Gasteiger partial charge is 0.131 e. The molecule has 0 aliphatic rings. The van der Waals surface area contributed by atoms with E-state index in [1.807, 2.05) is 24.4 Å². The highest BCUT2D eigenvalue weighted by atomic mass is 35.5. The fraction of sp³-hybridized carbons (Fsp3) is 0.273. The van der Waals surface area contributed by atoms with Crippen LogP contribution in [-0.4, -0.2) is 9.97 Å². The monoisotopic (exact) mass is 253 g/mol. The number of aryl methyl sites for hydroxylation is 1. The van der Waals surface area contributed by atoms with Crippen LogP contribution < -0.4 is 5.32 Å². The third-order valence-corrected chi connectivity index (χ3v) is 3.44. The van der Waals surface area contributed by atoms with Crippen LogP contribution in [0.4, 0.5) is 5.82 Å². The summed E-state index contributed by atoms with van der Waals surface area (Å²) in [5.41, 5.74) is 1.05. The molecule has 0 aromatic carbocycles. The fourth-order valence-corrected chi connectivity index (χ4v) is 2.31. The average molecular weight is 254 g/mol. The van der Waals surface area contributed by atoms with E-state index in [-0.39, 0.29) is 6.04 Å². The third-order valence-electron chi connectivity index (χ3n) is 2.09. The second kappa shape index (κ2) is 4.80. The minimum absolute atomic E-state index is 0.143. The van der Waals surface area contributed by atoms with Gasteiger partial charge in [0.1, 0.15) is 16.0 Å². The molecular formula is C11H12ClN3S. The minimum atomic E-state index is 0.143. The maximum Gasteiger partial charge on any atom is 0.131 e. The van der Waals surface area contributed by atoms with E-state index in [9.17, 15) is 0 Å². The number of aromatic nitrogens is 2. The van der Waals surface area contributed by atoms with Crippen molar-refractivity contribution in [3.63, 3.8) is 0 Å². The number of nitrogens with zero attached hydrogens (tertiary/aromatic N) is 2. The molecule has 0 amide bonds. The number of hydrogen-bond acceptors (Lipinski definition) is 4. The van der Waals surface area contributed by atoms with E-state index < -0.39 is 0 Å². The van der Waals surface area contributed by atoms with Crippen molar-refractivity contribution in [2.45, 2.75) is 19.9 Å². The number of anilines is 1. The zero-order valence-corrected chi connectivity index (χ0v) is 10.6. The van der Waals surface area contributed by atoms with E-state index in [4.69, 9.17) is 11.6 Å². The van der Waals surface area contributed by atoms with Crippen LogP contribution >= 0.6 is 22.9 Å². The van der Waals surface area contributed by atoms with Crippen LogP contribution in [-0.2, 0) is 0 Å². The van der Waals surface area contributed by atoms with Gasteiger partial charge < -0.3 is 5.32 Å². The standard InChI is InChI=1S/C11H12ClN3S/c1-7-6-16-11(13-7)8(2)14-10-5-3-4-9(12)15-10/h3-6,8H,1-2H3,(H,14,15). The van der Waals surface area contributed by atoms with Crippen LogP contribution in [0, 0.1) is 6.92 Å². The van der Waals surface area contributed by atoms with E-state index in [1.165, 1.54) is 0 Å². The van der Waals surface area contributed by atoms with E-state index >= 15 is 0 Å². The summed E-state index contributed by atoms with van der Waals surface area (Å²) in [7, 11) is 0. The van der Waals surface area contributed by atoms with Gasteiger partial charge in [0, 0.05) is 11.1 Å². The molecule has 5 heteroatoms. The molecule has 16 heavy (non-hydrogen) atoms. The summed E-state index contributed by atoms with van der Waals surface area (Å²) in [4.78, 5) is 8.60. The quantitative estimate of drug-likeness (QED) is 0.848. The zero-order valence-electron chi connectivity index (χ0n) is 9.07. The fourth-order valence-electron chi connectivity index (χ4n) is 1.34. The van der Waals surface area contributed by atoms with Gasteiger partial charge in [-0.15, -0.1) is 11.3 Å². The van der Waals surface area contributed by atoms with Crippen molar-refractivity contribution in [3.8, 4) is 0 Å². The van der Waals surface area contributed by atoms with Crippen molar-refractivity contribution in [2.75, 3.05) is 5.32 Å². The molecule has 0 aliphatic carbocycles. The first-order valence-electron chi connectivity index (χ1n) is 4.96. The second-order valence-corrected chi connectivity index (χ2v) is 4.82. The summed E-state index contributed by atoms with van der Waals surface area (Å²) in [6.07, 6.45) is 0. The number of rotatable bonds is 3. The van der Waals surface area contributed by atoms with Gasteiger partial charge in [-0.3, -0.25) is 0 Å². The lowest BCUT2D eigenvalue weighted by Crippen LogP contribution is -2.07. The van der Waals surface area contributed by atoms with Gasteiger partial charge in [0.25, 0.3) is 0 Å². The molecule has 1 N–H and O–H groups in total. The predicted molar refractivity (Wildman–Crippen MR) is 68.1 cm³/mol. The molecule has 0 saturated heterocycles. The first kappa shape index (κ1) is 11.4. The summed E-state index contributed by atoms with van der Waals surface area (Å²) in [6, 6.07) is 5.66. The molecular weight excluding hydrogens is 242 g/mol. The lowest BCUT2D eigenvalue weighted by molar-refractivity contribution is 0.855. The molecule has 0 aliphatic heterocycles. The second-order valence-electron chi connectivity index (χ2n) is 3.54. The summed E-state index contributed by atoms with van der Waals surface area (Å²) in [6.45, 7) is 4.05. The maximum atomic E-state index is 5.81. The summed E-state index contributed by atoms with van der Waals surface area (Å²) >= 11 is 7.46. The Balaban J connectivity index is 2.10. The third kappa shape index (κ3) is 2.71. The Hall–Kier alpha value is -1.13. The van der Waals surface area contributed by atoms with Crippen molar-refractivity contribution in [1.29, 1.82) is 0 Å². The van der Waals surface area contributed by atoms with Crippen molar-refractivity contribution in [3.05, 3.63) is 39.4 Å². The molecule has 2 aromatic rings. The van der Waals surface area contributed by atoms with Gasteiger partial charge in [0.05, 0.1) is 6.04 Å². The molecule has 1 unspecified atom stereocenters. The topological polar surface area (TPSA) is 37.8 Å². The Bertz CT molecular complexity index is 484. The van der Waals surface area contributed by atoms with E-state index in [1.54, 1.807) is 17.4 Å². The number of nitrogens with one attached hydrogen (secondary N) is 1. The van der Waals surface area contributed by atoms with Crippen molar-refractivity contribution in [2.24, 2.45) is 0 Å². The first-order valence-corrected chi connectivity index (χ1v) is 6.22. The summed E-state index contributed by atoms with van der Waals surface area (Å²) < 4.78 is 0. The van der Waals surface area contributed by atoms with E-state index in [0.29, 0.717) is 5.15 Å². The zero-order chi connectivity index (χ0) is 11.5. The highest BCUT2D eigenvalue weighted by Gasteiger charge is 2.09. The molecule has 0 fully saturated rings. The molecule has 2 heterocycles. The van der Waals surface area contributed by atoms with Crippen molar-refractivity contribution in [1.82, 2.24) is 9.97 Å². The Morgan fingerprint density at radius 1 is 1.38 bits per heavy atom. The van der Waals surface area contributed by atoms with Crippen molar-refractivity contribution < 1.29 is 0 Å². The Kier molecular flexibility index (Phi) is 3.41. The molecule has 84 valence electrons. The molecule has 0 bridgehead atoms. The summed E-state index contributed by atoms with van der Waals surface area (Å²) in [5.74, 6) is 0.771. The van der Waals surface area contributed by atoms with Crippen LogP contribution in [0.5, 0.6) is 0 Å². The number of hydrogen-bond donors (Lipinski definition) is 1. The van der Waals surface area contributed by atoms with Gasteiger partial charge in [-0.2, -0.15) is 0 Å². The molecule has 1 atom stereocenters. The van der Waals surface area contributed by atoms with Crippen LogP contribution in [0.25, 0.3) is 0 Å². The first-order chi connectivity index (χ1) is 7.65. The van der Waals surface area contributed by atoms with Crippen LogP contribution in [0.3, 0.4) is 0 Å². The Labute approximate surface area is 104 Å². The maximum absolute atomic E-state index is 5.81.